The van der Waals surface area contributed by atoms with Crippen LogP contribution in [0.2, 0.25) is 0 Å². The SMILES string of the molecule is C=CC(CC=O)c1ccccc1C. The first-order chi connectivity index (χ1) is 6.29. The fourth-order valence-electron chi connectivity index (χ4n) is 1.46. The average molecular weight is 174 g/mol. The smallest absolute Gasteiger partial charge is 0.120 e. The molecular weight excluding hydrogens is 160 g/mol. The lowest BCUT2D eigenvalue weighted by Crippen LogP contribution is -1.98. The summed E-state index contributed by atoms with van der Waals surface area (Å²) in [7, 11) is 0. The van der Waals surface area contributed by atoms with Crippen LogP contribution in [0.15, 0.2) is 36.9 Å². The summed E-state index contributed by atoms with van der Waals surface area (Å²) in [5, 5.41) is 0. The van der Waals surface area contributed by atoms with Gasteiger partial charge in [-0.15, -0.1) is 6.58 Å². The van der Waals surface area contributed by atoms with E-state index in [1.165, 1.54) is 11.1 Å². The molecule has 0 N–H and O–H groups in total. The lowest BCUT2D eigenvalue weighted by molar-refractivity contribution is -0.108. The predicted octanol–water partition coefficient (Wildman–Crippen LogP) is 2.85. The van der Waals surface area contributed by atoms with Crippen LogP contribution in [-0.2, 0) is 4.79 Å². The molecule has 1 rings (SSSR count). The summed E-state index contributed by atoms with van der Waals surface area (Å²) in [6.07, 6.45) is 3.30. The van der Waals surface area contributed by atoms with Gasteiger partial charge in [-0.3, -0.25) is 0 Å². The van der Waals surface area contributed by atoms with E-state index in [9.17, 15) is 4.79 Å². The summed E-state index contributed by atoms with van der Waals surface area (Å²) in [4.78, 5) is 10.4. The van der Waals surface area contributed by atoms with Crippen molar-refractivity contribution in [2.75, 3.05) is 0 Å². The number of hydrogen-bond donors (Lipinski definition) is 0. The second-order valence-electron chi connectivity index (χ2n) is 3.10. The number of carbonyl (C=O) groups excluding carboxylic acids is 1. The zero-order valence-corrected chi connectivity index (χ0v) is 7.86. The van der Waals surface area contributed by atoms with Gasteiger partial charge in [-0.05, 0) is 18.1 Å². The number of allylic oxidation sites excluding steroid dienone is 1. The van der Waals surface area contributed by atoms with Gasteiger partial charge in [-0.1, -0.05) is 30.3 Å². The molecule has 1 aromatic carbocycles. The third-order valence-corrected chi connectivity index (χ3v) is 2.22. The van der Waals surface area contributed by atoms with Crippen molar-refractivity contribution in [3.8, 4) is 0 Å². The summed E-state index contributed by atoms with van der Waals surface area (Å²) >= 11 is 0. The van der Waals surface area contributed by atoms with Gasteiger partial charge in [0.25, 0.3) is 0 Å². The first kappa shape index (κ1) is 9.72. The van der Waals surface area contributed by atoms with Crippen molar-refractivity contribution < 1.29 is 4.79 Å². The molecule has 0 saturated carbocycles. The molecule has 1 unspecified atom stereocenters. The molecule has 1 aromatic rings. The molecule has 0 aliphatic heterocycles. The second-order valence-corrected chi connectivity index (χ2v) is 3.10. The molecule has 0 aromatic heterocycles. The van der Waals surface area contributed by atoms with Gasteiger partial charge in [0, 0.05) is 12.3 Å². The molecular formula is C12H14O. The summed E-state index contributed by atoms with van der Waals surface area (Å²) < 4.78 is 0. The Bertz CT molecular complexity index is 302. The summed E-state index contributed by atoms with van der Waals surface area (Å²) in [6, 6.07) is 8.09. The van der Waals surface area contributed by atoms with E-state index in [1.807, 2.05) is 24.3 Å². The maximum atomic E-state index is 10.4. The van der Waals surface area contributed by atoms with Crippen LogP contribution in [-0.4, -0.2) is 6.29 Å². The van der Waals surface area contributed by atoms with Crippen LogP contribution in [0.4, 0.5) is 0 Å². The lowest BCUT2D eigenvalue weighted by Gasteiger charge is -2.11. The van der Waals surface area contributed by atoms with Gasteiger partial charge in [0.2, 0.25) is 0 Å². The van der Waals surface area contributed by atoms with Crippen LogP contribution in [0.1, 0.15) is 23.5 Å². The zero-order valence-electron chi connectivity index (χ0n) is 7.86. The van der Waals surface area contributed by atoms with Crippen molar-refractivity contribution in [3.05, 3.63) is 48.0 Å². The van der Waals surface area contributed by atoms with Crippen LogP contribution >= 0.6 is 0 Å². The molecule has 13 heavy (non-hydrogen) atoms. The van der Waals surface area contributed by atoms with E-state index in [-0.39, 0.29) is 5.92 Å². The van der Waals surface area contributed by atoms with Crippen LogP contribution in [0.25, 0.3) is 0 Å². The van der Waals surface area contributed by atoms with E-state index < -0.39 is 0 Å². The number of hydrogen-bond acceptors (Lipinski definition) is 1. The molecule has 68 valence electrons. The van der Waals surface area contributed by atoms with Gasteiger partial charge in [0.1, 0.15) is 6.29 Å². The topological polar surface area (TPSA) is 17.1 Å². The van der Waals surface area contributed by atoms with Crippen molar-refractivity contribution in [1.29, 1.82) is 0 Å². The third-order valence-electron chi connectivity index (χ3n) is 2.22. The summed E-state index contributed by atoms with van der Waals surface area (Å²) in [5.41, 5.74) is 2.42. The van der Waals surface area contributed by atoms with E-state index in [2.05, 4.69) is 19.6 Å². The molecule has 1 heteroatoms. The fourth-order valence-corrected chi connectivity index (χ4v) is 1.46. The van der Waals surface area contributed by atoms with Crippen molar-refractivity contribution in [3.63, 3.8) is 0 Å². The molecule has 0 bridgehead atoms. The second kappa shape index (κ2) is 4.61. The van der Waals surface area contributed by atoms with Crippen LogP contribution < -0.4 is 0 Å². The standard InChI is InChI=1S/C12H14O/c1-3-11(8-9-13)12-7-5-4-6-10(12)2/h3-7,9,11H,1,8H2,2H3. The molecule has 1 atom stereocenters. The van der Waals surface area contributed by atoms with Crippen molar-refractivity contribution >= 4 is 6.29 Å². The Hall–Kier alpha value is -1.37. The van der Waals surface area contributed by atoms with Gasteiger partial charge >= 0.3 is 0 Å². The highest BCUT2D eigenvalue weighted by molar-refractivity contribution is 5.53. The summed E-state index contributed by atoms with van der Waals surface area (Å²) in [5.74, 6) is 0.165. The average Bonchev–Trinajstić information content (AvgIpc) is 2.16. The van der Waals surface area contributed by atoms with E-state index in [0.717, 1.165) is 6.29 Å². The van der Waals surface area contributed by atoms with Gasteiger partial charge < -0.3 is 4.79 Å². The van der Waals surface area contributed by atoms with Gasteiger partial charge in [0.05, 0.1) is 0 Å². The van der Waals surface area contributed by atoms with E-state index in [0.29, 0.717) is 6.42 Å². The zero-order chi connectivity index (χ0) is 9.68. The third kappa shape index (κ3) is 2.28. The minimum Gasteiger partial charge on any atom is -0.303 e. The van der Waals surface area contributed by atoms with Crippen molar-refractivity contribution in [2.45, 2.75) is 19.3 Å². The van der Waals surface area contributed by atoms with Gasteiger partial charge in [0.15, 0.2) is 0 Å². The minimum absolute atomic E-state index is 0.165. The Morgan fingerprint density at radius 2 is 2.15 bits per heavy atom. The molecule has 0 aliphatic carbocycles. The molecule has 0 aliphatic rings. The molecule has 0 fully saturated rings. The van der Waals surface area contributed by atoms with Crippen molar-refractivity contribution in [1.82, 2.24) is 0 Å². The highest BCUT2D eigenvalue weighted by Crippen LogP contribution is 2.22. The van der Waals surface area contributed by atoms with E-state index in [4.69, 9.17) is 0 Å². The van der Waals surface area contributed by atoms with Crippen LogP contribution in [0.3, 0.4) is 0 Å². The number of benzene rings is 1. The van der Waals surface area contributed by atoms with E-state index in [1.54, 1.807) is 0 Å². The highest BCUT2D eigenvalue weighted by atomic mass is 16.1. The lowest BCUT2D eigenvalue weighted by atomic mass is 9.93. The number of rotatable bonds is 4. The maximum Gasteiger partial charge on any atom is 0.120 e. The Labute approximate surface area is 79.1 Å². The van der Waals surface area contributed by atoms with E-state index >= 15 is 0 Å². The largest absolute Gasteiger partial charge is 0.303 e. The number of carbonyl (C=O) groups is 1. The molecule has 0 amide bonds. The predicted molar refractivity (Wildman–Crippen MR) is 54.8 cm³/mol. The van der Waals surface area contributed by atoms with Crippen molar-refractivity contribution in [2.24, 2.45) is 0 Å². The molecule has 0 heterocycles. The Kier molecular flexibility index (Phi) is 3.44. The Morgan fingerprint density at radius 3 is 2.69 bits per heavy atom. The van der Waals surface area contributed by atoms with Crippen LogP contribution in [0.5, 0.6) is 0 Å². The maximum absolute atomic E-state index is 10.4. The summed E-state index contributed by atoms with van der Waals surface area (Å²) in [6.45, 7) is 5.79. The molecule has 0 spiro atoms. The monoisotopic (exact) mass is 174 g/mol. The molecule has 0 radical (unpaired) electrons. The Balaban J connectivity index is 2.96. The first-order valence-electron chi connectivity index (χ1n) is 4.41. The fraction of sp³-hybridized carbons (Fsp3) is 0.250. The number of aldehydes is 1. The normalized spacial score (nSPS) is 12.1. The quantitative estimate of drug-likeness (QED) is 0.506. The Morgan fingerprint density at radius 1 is 1.46 bits per heavy atom. The minimum atomic E-state index is 0.165. The first-order valence-corrected chi connectivity index (χ1v) is 4.41. The number of aryl methyl sites for hydroxylation is 1. The van der Waals surface area contributed by atoms with Gasteiger partial charge in [-0.2, -0.15) is 0 Å². The molecule has 0 saturated heterocycles. The highest BCUT2D eigenvalue weighted by Gasteiger charge is 2.08. The van der Waals surface area contributed by atoms with Crippen LogP contribution in [0, 0.1) is 6.92 Å². The van der Waals surface area contributed by atoms with Gasteiger partial charge in [-0.25, -0.2) is 0 Å². The molecule has 1 nitrogen and oxygen atoms in total.